The first-order valence-electron chi connectivity index (χ1n) is 10.2. The number of ether oxygens (including phenoxy) is 1. The summed E-state index contributed by atoms with van der Waals surface area (Å²) in [6.07, 6.45) is 0. The third-order valence-corrected chi connectivity index (χ3v) is 5.42. The molecule has 4 aromatic rings. The molecule has 0 spiro atoms. The maximum atomic E-state index is 12.7. The fourth-order valence-electron chi connectivity index (χ4n) is 3.81. The van der Waals surface area contributed by atoms with E-state index in [0.29, 0.717) is 23.7 Å². The van der Waals surface area contributed by atoms with Crippen LogP contribution in [0.2, 0.25) is 0 Å². The van der Waals surface area contributed by atoms with E-state index in [2.05, 4.69) is 46.1 Å². The van der Waals surface area contributed by atoms with E-state index >= 15 is 0 Å². The van der Waals surface area contributed by atoms with Gasteiger partial charge in [-0.3, -0.25) is 4.68 Å². The lowest BCUT2D eigenvalue weighted by Gasteiger charge is -2.12. The molecule has 0 bridgehead atoms. The molecule has 0 aliphatic rings. The highest BCUT2D eigenvalue weighted by molar-refractivity contribution is 6.01. The predicted molar refractivity (Wildman–Crippen MR) is 125 cm³/mol. The number of aromatic nitrogens is 2. The fraction of sp³-hybridized carbons (Fsp3) is 0.200. The number of fused-ring (bicyclic) bond motifs is 1. The Balaban J connectivity index is 1.56. The SMILES string of the molecule is COc1ccc(C)cc1NC(=O)Nc1c(C)nn(Cc2cccc3ccccc23)c1C. The monoisotopic (exact) mass is 414 g/mol. The van der Waals surface area contributed by atoms with Crippen molar-refractivity contribution in [2.24, 2.45) is 0 Å². The van der Waals surface area contributed by atoms with Crippen LogP contribution in [0.15, 0.2) is 60.7 Å². The number of nitrogens with one attached hydrogen (secondary N) is 2. The van der Waals surface area contributed by atoms with E-state index in [1.165, 1.54) is 16.3 Å². The summed E-state index contributed by atoms with van der Waals surface area (Å²) in [4.78, 5) is 12.7. The van der Waals surface area contributed by atoms with Gasteiger partial charge in [-0.2, -0.15) is 5.10 Å². The maximum Gasteiger partial charge on any atom is 0.323 e. The number of urea groups is 1. The molecule has 4 rings (SSSR count). The second kappa shape index (κ2) is 8.52. The molecule has 2 amide bonds. The van der Waals surface area contributed by atoms with Crippen LogP contribution in [0.3, 0.4) is 0 Å². The molecule has 158 valence electrons. The van der Waals surface area contributed by atoms with Crippen LogP contribution in [0.1, 0.15) is 22.5 Å². The zero-order chi connectivity index (χ0) is 22.0. The van der Waals surface area contributed by atoms with Crippen molar-refractivity contribution >= 4 is 28.2 Å². The average molecular weight is 415 g/mol. The zero-order valence-electron chi connectivity index (χ0n) is 18.2. The van der Waals surface area contributed by atoms with Crippen molar-refractivity contribution < 1.29 is 9.53 Å². The molecule has 1 heterocycles. The minimum absolute atomic E-state index is 0.334. The van der Waals surface area contributed by atoms with Gasteiger partial charge in [0.25, 0.3) is 0 Å². The van der Waals surface area contributed by atoms with Gasteiger partial charge in [0.2, 0.25) is 0 Å². The van der Waals surface area contributed by atoms with Crippen LogP contribution < -0.4 is 15.4 Å². The van der Waals surface area contributed by atoms with Gasteiger partial charge in [-0.1, -0.05) is 48.5 Å². The van der Waals surface area contributed by atoms with Crippen LogP contribution >= 0.6 is 0 Å². The summed E-state index contributed by atoms with van der Waals surface area (Å²) in [5.74, 6) is 0.612. The molecular formula is C25H26N4O2. The Morgan fingerprint density at radius 2 is 1.77 bits per heavy atom. The summed E-state index contributed by atoms with van der Waals surface area (Å²) in [7, 11) is 1.58. The number of hydrogen-bond donors (Lipinski definition) is 2. The van der Waals surface area contributed by atoms with E-state index in [9.17, 15) is 4.79 Å². The summed E-state index contributed by atoms with van der Waals surface area (Å²) in [5.41, 5.74) is 5.22. The highest BCUT2D eigenvalue weighted by Crippen LogP contribution is 2.27. The highest BCUT2D eigenvalue weighted by atomic mass is 16.5. The highest BCUT2D eigenvalue weighted by Gasteiger charge is 2.16. The van der Waals surface area contributed by atoms with Crippen LogP contribution in [-0.2, 0) is 6.54 Å². The van der Waals surface area contributed by atoms with E-state index in [0.717, 1.165) is 17.0 Å². The Bertz CT molecular complexity index is 1250. The molecule has 0 saturated heterocycles. The Labute approximate surface area is 181 Å². The molecule has 6 heteroatoms. The van der Waals surface area contributed by atoms with Crippen molar-refractivity contribution in [3.05, 3.63) is 83.2 Å². The third-order valence-electron chi connectivity index (χ3n) is 5.42. The lowest BCUT2D eigenvalue weighted by Crippen LogP contribution is -2.20. The number of nitrogens with zero attached hydrogens (tertiary/aromatic N) is 2. The van der Waals surface area contributed by atoms with Gasteiger partial charge in [0.05, 0.1) is 36.4 Å². The zero-order valence-corrected chi connectivity index (χ0v) is 18.2. The van der Waals surface area contributed by atoms with E-state index in [1.807, 2.05) is 55.8 Å². The van der Waals surface area contributed by atoms with Crippen LogP contribution in [0.5, 0.6) is 5.75 Å². The molecule has 0 aliphatic carbocycles. The topological polar surface area (TPSA) is 68.2 Å². The van der Waals surface area contributed by atoms with E-state index in [-0.39, 0.29) is 6.03 Å². The smallest absolute Gasteiger partial charge is 0.323 e. The van der Waals surface area contributed by atoms with Crippen LogP contribution in [0.4, 0.5) is 16.2 Å². The molecule has 0 atom stereocenters. The number of benzene rings is 3. The Morgan fingerprint density at radius 3 is 2.58 bits per heavy atom. The molecule has 31 heavy (non-hydrogen) atoms. The molecular weight excluding hydrogens is 388 g/mol. The quantitative estimate of drug-likeness (QED) is 0.443. The standard InChI is InChI=1S/C25H26N4O2/c1-16-12-13-23(31-4)22(14-16)26-25(30)27-24-17(2)28-29(18(24)3)15-20-10-7-9-19-8-5-6-11-21(19)20/h5-14H,15H2,1-4H3,(H2,26,27,30). The molecule has 0 radical (unpaired) electrons. The first-order chi connectivity index (χ1) is 15.0. The van der Waals surface area contributed by atoms with Crippen molar-refractivity contribution in [1.82, 2.24) is 9.78 Å². The largest absolute Gasteiger partial charge is 0.495 e. The fourth-order valence-corrected chi connectivity index (χ4v) is 3.81. The van der Waals surface area contributed by atoms with Gasteiger partial charge >= 0.3 is 6.03 Å². The maximum absolute atomic E-state index is 12.7. The van der Waals surface area contributed by atoms with Gasteiger partial charge in [-0.05, 0) is 54.8 Å². The van der Waals surface area contributed by atoms with E-state index in [1.54, 1.807) is 7.11 Å². The van der Waals surface area contributed by atoms with Gasteiger partial charge in [0.1, 0.15) is 5.75 Å². The molecule has 3 aromatic carbocycles. The Morgan fingerprint density at radius 1 is 1.00 bits per heavy atom. The van der Waals surface area contributed by atoms with Crippen molar-refractivity contribution in [3.8, 4) is 5.75 Å². The molecule has 2 N–H and O–H groups in total. The first kappa shape index (κ1) is 20.5. The van der Waals surface area contributed by atoms with E-state index < -0.39 is 0 Å². The number of carbonyl (C=O) groups excluding carboxylic acids is 1. The van der Waals surface area contributed by atoms with Gasteiger partial charge in [-0.25, -0.2) is 4.79 Å². The van der Waals surface area contributed by atoms with Crippen molar-refractivity contribution in [2.45, 2.75) is 27.3 Å². The summed E-state index contributed by atoms with van der Waals surface area (Å²) in [6.45, 7) is 6.46. The van der Waals surface area contributed by atoms with Crippen molar-refractivity contribution in [2.75, 3.05) is 17.7 Å². The number of carbonyl (C=O) groups is 1. The number of rotatable bonds is 5. The van der Waals surface area contributed by atoms with Crippen LogP contribution in [-0.4, -0.2) is 22.9 Å². The molecule has 0 fully saturated rings. The van der Waals surface area contributed by atoms with Gasteiger partial charge < -0.3 is 15.4 Å². The number of anilines is 2. The Hall–Kier alpha value is -3.80. The number of methoxy groups -OCH3 is 1. The molecule has 0 aliphatic heterocycles. The lowest BCUT2D eigenvalue weighted by molar-refractivity contribution is 0.262. The molecule has 1 aromatic heterocycles. The third kappa shape index (κ3) is 4.23. The van der Waals surface area contributed by atoms with Gasteiger partial charge in [0, 0.05) is 0 Å². The second-order valence-electron chi connectivity index (χ2n) is 7.62. The Kier molecular flexibility index (Phi) is 5.62. The summed E-state index contributed by atoms with van der Waals surface area (Å²) < 4.78 is 7.28. The summed E-state index contributed by atoms with van der Waals surface area (Å²) in [6, 6.07) is 19.9. The first-order valence-corrected chi connectivity index (χ1v) is 10.2. The average Bonchev–Trinajstić information content (AvgIpc) is 3.01. The van der Waals surface area contributed by atoms with E-state index in [4.69, 9.17) is 4.74 Å². The molecule has 0 saturated carbocycles. The predicted octanol–water partition coefficient (Wildman–Crippen LogP) is 5.66. The number of aryl methyl sites for hydroxylation is 2. The summed E-state index contributed by atoms with van der Waals surface area (Å²) in [5, 5.41) is 12.9. The normalized spacial score (nSPS) is 10.8. The van der Waals surface area contributed by atoms with Crippen molar-refractivity contribution in [1.29, 1.82) is 0 Å². The van der Waals surface area contributed by atoms with Gasteiger partial charge in [0.15, 0.2) is 0 Å². The molecule has 0 unspecified atom stereocenters. The van der Waals surface area contributed by atoms with Gasteiger partial charge in [-0.15, -0.1) is 0 Å². The lowest BCUT2D eigenvalue weighted by atomic mass is 10.0. The minimum Gasteiger partial charge on any atom is -0.495 e. The van der Waals surface area contributed by atoms with Crippen LogP contribution in [0, 0.1) is 20.8 Å². The minimum atomic E-state index is -0.334. The number of amides is 2. The molecule has 6 nitrogen and oxygen atoms in total. The van der Waals surface area contributed by atoms with Crippen molar-refractivity contribution in [3.63, 3.8) is 0 Å². The summed E-state index contributed by atoms with van der Waals surface area (Å²) >= 11 is 0. The number of hydrogen-bond acceptors (Lipinski definition) is 3. The van der Waals surface area contributed by atoms with Crippen LogP contribution in [0.25, 0.3) is 10.8 Å². The second-order valence-corrected chi connectivity index (χ2v) is 7.62.